The molecule has 0 heteroatoms. The van der Waals surface area contributed by atoms with Crippen LogP contribution in [0.3, 0.4) is 0 Å². The van der Waals surface area contributed by atoms with Crippen LogP contribution < -0.4 is 0 Å². The molecule has 0 heterocycles. The van der Waals surface area contributed by atoms with Crippen LogP contribution in [-0.4, -0.2) is 0 Å². The summed E-state index contributed by atoms with van der Waals surface area (Å²) in [5.41, 5.74) is 13.9. The van der Waals surface area contributed by atoms with E-state index in [9.17, 15) is 0 Å². The Morgan fingerprint density at radius 3 is 1.50 bits per heavy atom. The Morgan fingerprint density at radius 1 is 0.536 bits per heavy atom. The average molecular weight is 358 g/mol. The Balaban J connectivity index is 1.86. The Hall–Kier alpha value is -3.12. The van der Waals surface area contributed by atoms with Crippen molar-refractivity contribution in [3.63, 3.8) is 0 Å². The zero-order valence-corrected chi connectivity index (χ0v) is 16.3. The molecule has 134 valence electrons. The largest absolute Gasteiger partial charge is 0.0719 e. The lowest BCUT2D eigenvalue weighted by Crippen LogP contribution is -2.34. The number of hydrogen-bond donors (Lipinski definition) is 0. The van der Waals surface area contributed by atoms with Crippen molar-refractivity contribution in [2.45, 2.75) is 25.7 Å². The van der Waals surface area contributed by atoms with Crippen LogP contribution in [0.1, 0.15) is 44.5 Å². The van der Waals surface area contributed by atoms with Crippen molar-refractivity contribution in [1.82, 2.24) is 0 Å². The predicted molar refractivity (Wildman–Crippen MR) is 116 cm³/mol. The minimum Gasteiger partial charge on any atom is -0.0619 e. The van der Waals surface area contributed by atoms with Gasteiger partial charge in [-0.15, -0.1) is 0 Å². The van der Waals surface area contributed by atoms with Gasteiger partial charge in [0, 0.05) is 0 Å². The molecule has 0 N–H and O–H groups in total. The molecule has 0 aliphatic heterocycles. The van der Waals surface area contributed by atoms with Crippen LogP contribution in [0.4, 0.5) is 0 Å². The van der Waals surface area contributed by atoms with Crippen LogP contribution in [0.25, 0.3) is 11.1 Å². The van der Waals surface area contributed by atoms with Gasteiger partial charge in [-0.1, -0.05) is 96.1 Å². The van der Waals surface area contributed by atoms with Gasteiger partial charge in [0.1, 0.15) is 0 Å². The van der Waals surface area contributed by atoms with E-state index < -0.39 is 0 Å². The minimum atomic E-state index is -0.214. The van der Waals surface area contributed by atoms with E-state index in [4.69, 9.17) is 0 Å². The second kappa shape index (κ2) is 5.45. The Kier molecular flexibility index (Phi) is 3.09. The summed E-state index contributed by atoms with van der Waals surface area (Å²) in [5.74, 6) is 0. The molecule has 6 rings (SSSR count). The molecule has 0 radical (unpaired) electrons. The van der Waals surface area contributed by atoms with Crippen molar-refractivity contribution in [2.75, 3.05) is 0 Å². The van der Waals surface area contributed by atoms with Gasteiger partial charge in [0.25, 0.3) is 0 Å². The van der Waals surface area contributed by atoms with Gasteiger partial charge in [0.05, 0.1) is 5.41 Å². The first-order valence-corrected chi connectivity index (χ1v) is 10.1. The number of fused-ring (bicyclic) bond motifs is 9. The third-order valence-electron chi connectivity index (χ3n) is 6.67. The van der Waals surface area contributed by atoms with Crippen molar-refractivity contribution in [3.05, 3.63) is 129 Å². The lowest BCUT2D eigenvalue weighted by Gasteiger charge is -2.40. The smallest absolute Gasteiger partial charge is 0.0619 e. The molecule has 4 aromatic rings. The van der Waals surface area contributed by atoms with Gasteiger partial charge in [-0.25, -0.2) is 0 Å². The summed E-state index contributed by atoms with van der Waals surface area (Å²) in [7, 11) is 0. The van der Waals surface area contributed by atoms with Crippen LogP contribution in [0, 0.1) is 13.8 Å². The first-order valence-electron chi connectivity index (χ1n) is 10.1. The van der Waals surface area contributed by atoms with Gasteiger partial charge in [-0.3, -0.25) is 0 Å². The van der Waals surface area contributed by atoms with Gasteiger partial charge in [0.15, 0.2) is 0 Å². The minimum absolute atomic E-state index is 0.214. The maximum atomic E-state index is 2.43. The van der Waals surface area contributed by atoms with Gasteiger partial charge in [-0.05, 0) is 64.8 Å². The third-order valence-corrected chi connectivity index (χ3v) is 6.67. The fraction of sp³-hybridized carbons (Fsp3) is 0.143. The van der Waals surface area contributed by atoms with Crippen LogP contribution >= 0.6 is 0 Å². The highest BCUT2D eigenvalue weighted by molar-refractivity contribution is 5.87. The lowest BCUT2D eigenvalue weighted by molar-refractivity contribution is 0.720. The highest BCUT2D eigenvalue weighted by Gasteiger charge is 2.49. The Labute approximate surface area is 166 Å². The quantitative estimate of drug-likeness (QED) is 0.288. The topological polar surface area (TPSA) is 0 Å². The van der Waals surface area contributed by atoms with E-state index in [1.807, 2.05) is 0 Å². The second-order valence-electron chi connectivity index (χ2n) is 8.34. The van der Waals surface area contributed by atoms with Gasteiger partial charge in [-0.2, -0.15) is 0 Å². The highest BCUT2D eigenvalue weighted by atomic mass is 14.5. The summed E-state index contributed by atoms with van der Waals surface area (Å²) in [6.07, 6.45) is 1.01. The van der Waals surface area contributed by atoms with Crippen LogP contribution in [0.2, 0.25) is 0 Å². The molecule has 0 atom stereocenters. The molecule has 0 amide bonds. The number of hydrogen-bond acceptors (Lipinski definition) is 0. The molecule has 0 unspecified atom stereocenters. The van der Waals surface area contributed by atoms with Crippen LogP contribution in [0.5, 0.6) is 0 Å². The molecule has 1 spiro atoms. The van der Waals surface area contributed by atoms with Gasteiger partial charge >= 0.3 is 0 Å². The fourth-order valence-electron chi connectivity index (χ4n) is 5.55. The van der Waals surface area contributed by atoms with Crippen molar-refractivity contribution >= 4 is 0 Å². The van der Waals surface area contributed by atoms with Crippen LogP contribution in [-0.2, 0) is 11.8 Å². The van der Waals surface area contributed by atoms with Crippen molar-refractivity contribution < 1.29 is 0 Å². The first-order chi connectivity index (χ1) is 13.7. The predicted octanol–water partition coefficient (Wildman–Crippen LogP) is 6.57. The van der Waals surface area contributed by atoms with E-state index in [1.165, 1.54) is 55.6 Å². The molecule has 2 aliphatic rings. The zero-order valence-electron chi connectivity index (χ0n) is 16.3. The summed E-state index contributed by atoms with van der Waals surface area (Å²) in [5, 5.41) is 0. The van der Waals surface area contributed by atoms with E-state index in [1.54, 1.807) is 0 Å². The number of aryl methyl sites for hydroxylation is 2. The van der Waals surface area contributed by atoms with E-state index in [0.29, 0.717) is 0 Å². The molecule has 4 aromatic carbocycles. The second-order valence-corrected chi connectivity index (χ2v) is 8.34. The Morgan fingerprint density at radius 2 is 1.00 bits per heavy atom. The molecule has 0 saturated carbocycles. The molecule has 2 aliphatic carbocycles. The third kappa shape index (κ3) is 1.85. The molecule has 28 heavy (non-hydrogen) atoms. The van der Waals surface area contributed by atoms with E-state index in [0.717, 1.165) is 6.42 Å². The highest BCUT2D eigenvalue weighted by Crippen LogP contribution is 2.59. The number of benzene rings is 4. The van der Waals surface area contributed by atoms with Gasteiger partial charge in [0.2, 0.25) is 0 Å². The van der Waals surface area contributed by atoms with E-state index in [2.05, 4.69) is 98.8 Å². The SMILES string of the molecule is Cc1ccc2c(c1)C1(c3cc(C)ccc3C2)c2ccccc2-c2ccccc21. The number of rotatable bonds is 0. The monoisotopic (exact) mass is 358 g/mol. The standard InChI is InChI=1S/C28H22/c1-18-11-13-20-17-21-14-12-19(2)16-27(21)28(26(20)15-18)24-9-5-3-7-22(24)23-8-4-6-10-25(23)28/h3-16H,17H2,1-2H3. The maximum absolute atomic E-state index is 2.43. The summed E-state index contributed by atoms with van der Waals surface area (Å²) in [4.78, 5) is 0. The molecule has 0 saturated heterocycles. The fourth-order valence-corrected chi connectivity index (χ4v) is 5.55. The Bertz CT molecular complexity index is 1160. The van der Waals surface area contributed by atoms with E-state index >= 15 is 0 Å². The lowest BCUT2D eigenvalue weighted by atomic mass is 9.61. The molecule has 0 nitrogen and oxygen atoms in total. The first kappa shape index (κ1) is 15.9. The van der Waals surface area contributed by atoms with Crippen molar-refractivity contribution in [2.24, 2.45) is 0 Å². The maximum Gasteiger partial charge on any atom is 0.0719 e. The summed E-state index contributed by atoms with van der Waals surface area (Å²) in [6, 6.07) is 32.1. The molecule has 0 bridgehead atoms. The van der Waals surface area contributed by atoms with Crippen molar-refractivity contribution in [3.8, 4) is 11.1 Å². The molecule has 0 aromatic heterocycles. The molecule has 0 fully saturated rings. The van der Waals surface area contributed by atoms with Gasteiger partial charge < -0.3 is 0 Å². The zero-order chi connectivity index (χ0) is 18.9. The average Bonchev–Trinajstić information content (AvgIpc) is 3.01. The molecular weight excluding hydrogens is 336 g/mol. The summed E-state index contributed by atoms with van der Waals surface area (Å²) in [6.45, 7) is 4.43. The van der Waals surface area contributed by atoms with E-state index in [-0.39, 0.29) is 5.41 Å². The molecular formula is C28H22. The summed E-state index contributed by atoms with van der Waals surface area (Å²) < 4.78 is 0. The van der Waals surface area contributed by atoms with Crippen LogP contribution in [0.15, 0.2) is 84.9 Å². The van der Waals surface area contributed by atoms with Crippen molar-refractivity contribution in [1.29, 1.82) is 0 Å². The summed E-state index contributed by atoms with van der Waals surface area (Å²) >= 11 is 0. The normalized spacial score (nSPS) is 14.9.